The molecule has 4 heteroatoms. The van der Waals surface area contributed by atoms with Gasteiger partial charge in [-0.05, 0) is 35.2 Å². The first kappa shape index (κ1) is 13.6. The van der Waals surface area contributed by atoms with Crippen LogP contribution in [0.3, 0.4) is 0 Å². The Morgan fingerprint density at radius 3 is 2.43 bits per heavy atom. The highest BCUT2D eigenvalue weighted by Gasteiger charge is 2.27. The number of nitrogens with one attached hydrogen (secondary N) is 1. The molecule has 2 aromatic rings. The van der Waals surface area contributed by atoms with E-state index in [4.69, 9.17) is 11.5 Å². The average molecular weight is 281 g/mol. The highest BCUT2D eigenvalue weighted by Crippen LogP contribution is 2.38. The molecule has 3 rings (SSSR count). The quantitative estimate of drug-likeness (QED) is 0.804. The molecule has 0 aliphatic heterocycles. The van der Waals surface area contributed by atoms with Gasteiger partial charge in [0.1, 0.15) is 0 Å². The second-order valence-corrected chi connectivity index (χ2v) is 5.51. The Kier molecular flexibility index (Phi) is 3.62. The molecule has 108 valence electrons. The van der Waals surface area contributed by atoms with Gasteiger partial charge in [0, 0.05) is 11.7 Å². The SMILES string of the molecule is NC(=O)Cc1ccc(NC2CC(N)c3ccccc32)cc1. The van der Waals surface area contributed by atoms with Crippen LogP contribution in [0.5, 0.6) is 0 Å². The minimum Gasteiger partial charge on any atom is -0.378 e. The molecule has 1 amide bonds. The van der Waals surface area contributed by atoms with E-state index in [0.717, 1.165) is 17.7 Å². The molecule has 0 heterocycles. The van der Waals surface area contributed by atoms with Crippen molar-refractivity contribution in [3.8, 4) is 0 Å². The van der Waals surface area contributed by atoms with E-state index in [1.165, 1.54) is 11.1 Å². The van der Waals surface area contributed by atoms with Crippen molar-refractivity contribution in [2.24, 2.45) is 11.5 Å². The van der Waals surface area contributed by atoms with E-state index in [1.807, 2.05) is 36.4 Å². The van der Waals surface area contributed by atoms with E-state index in [2.05, 4.69) is 17.4 Å². The summed E-state index contributed by atoms with van der Waals surface area (Å²) in [5.74, 6) is -0.314. The highest BCUT2D eigenvalue weighted by atomic mass is 16.1. The van der Waals surface area contributed by atoms with Crippen LogP contribution in [-0.4, -0.2) is 5.91 Å². The summed E-state index contributed by atoms with van der Waals surface area (Å²) in [5, 5.41) is 3.51. The first-order valence-corrected chi connectivity index (χ1v) is 7.11. The Labute approximate surface area is 124 Å². The predicted molar refractivity (Wildman–Crippen MR) is 83.7 cm³/mol. The Hall–Kier alpha value is -2.33. The van der Waals surface area contributed by atoms with Gasteiger partial charge in [-0.2, -0.15) is 0 Å². The van der Waals surface area contributed by atoms with Crippen LogP contribution in [-0.2, 0) is 11.2 Å². The van der Waals surface area contributed by atoms with Crippen LogP contribution in [0.1, 0.15) is 35.2 Å². The van der Waals surface area contributed by atoms with Crippen LogP contribution >= 0.6 is 0 Å². The molecular weight excluding hydrogens is 262 g/mol. The summed E-state index contributed by atoms with van der Waals surface area (Å²) in [7, 11) is 0. The van der Waals surface area contributed by atoms with Gasteiger partial charge in [0.05, 0.1) is 12.5 Å². The van der Waals surface area contributed by atoms with Crippen LogP contribution in [0.2, 0.25) is 0 Å². The van der Waals surface area contributed by atoms with Crippen LogP contribution in [0.15, 0.2) is 48.5 Å². The monoisotopic (exact) mass is 281 g/mol. The summed E-state index contributed by atoms with van der Waals surface area (Å²) in [6, 6.07) is 16.4. The molecule has 2 unspecified atom stereocenters. The summed E-state index contributed by atoms with van der Waals surface area (Å²) in [5.41, 5.74) is 15.8. The highest BCUT2D eigenvalue weighted by molar-refractivity contribution is 5.76. The zero-order valence-electron chi connectivity index (χ0n) is 11.8. The molecule has 0 aromatic heterocycles. The lowest BCUT2D eigenvalue weighted by atomic mass is 10.1. The predicted octanol–water partition coefficient (Wildman–Crippen LogP) is 2.27. The van der Waals surface area contributed by atoms with Gasteiger partial charge in [0.2, 0.25) is 5.91 Å². The third-order valence-corrected chi connectivity index (χ3v) is 3.93. The molecule has 1 aliphatic carbocycles. The van der Waals surface area contributed by atoms with Gasteiger partial charge in [-0.3, -0.25) is 4.79 Å². The zero-order chi connectivity index (χ0) is 14.8. The molecule has 0 saturated carbocycles. The van der Waals surface area contributed by atoms with E-state index in [0.29, 0.717) is 0 Å². The molecule has 2 aromatic carbocycles. The van der Waals surface area contributed by atoms with Crippen LogP contribution in [0.25, 0.3) is 0 Å². The smallest absolute Gasteiger partial charge is 0.221 e. The van der Waals surface area contributed by atoms with Crippen molar-refractivity contribution in [1.29, 1.82) is 0 Å². The molecule has 4 nitrogen and oxygen atoms in total. The number of rotatable bonds is 4. The topological polar surface area (TPSA) is 81.1 Å². The van der Waals surface area contributed by atoms with Crippen molar-refractivity contribution in [3.63, 3.8) is 0 Å². The maximum atomic E-state index is 10.9. The molecule has 5 N–H and O–H groups in total. The third kappa shape index (κ3) is 2.90. The van der Waals surface area contributed by atoms with Crippen LogP contribution in [0, 0.1) is 0 Å². The molecule has 1 aliphatic rings. The number of benzene rings is 2. The van der Waals surface area contributed by atoms with Crippen molar-refractivity contribution < 1.29 is 4.79 Å². The number of hydrogen-bond donors (Lipinski definition) is 3. The van der Waals surface area contributed by atoms with Crippen LogP contribution in [0.4, 0.5) is 5.69 Å². The number of primary amides is 1. The van der Waals surface area contributed by atoms with E-state index in [-0.39, 0.29) is 24.4 Å². The number of amides is 1. The lowest BCUT2D eigenvalue weighted by Gasteiger charge is -2.16. The van der Waals surface area contributed by atoms with Gasteiger partial charge < -0.3 is 16.8 Å². The van der Waals surface area contributed by atoms with Gasteiger partial charge in [0.15, 0.2) is 0 Å². The molecule has 0 radical (unpaired) electrons. The minimum absolute atomic E-state index is 0.0906. The number of hydrogen-bond acceptors (Lipinski definition) is 3. The van der Waals surface area contributed by atoms with Gasteiger partial charge >= 0.3 is 0 Å². The van der Waals surface area contributed by atoms with Gasteiger partial charge in [-0.15, -0.1) is 0 Å². The standard InChI is InChI=1S/C17H19N3O/c18-15-10-16(14-4-2-1-3-13(14)15)20-12-7-5-11(6-8-12)9-17(19)21/h1-8,15-16,20H,9-10,18H2,(H2,19,21). The van der Waals surface area contributed by atoms with Gasteiger partial charge in [-0.25, -0.2) is 0 Å². The Balaban J connectivity index is 1.74. The Bertz CT molecular complexity index is 651. The van der Waals surface area contributed by atoms with E-state index in [9.17, 15) is 4.79 Å². The van der Waals surface area contributed by atoms with Crippen molar-refractivity contribution in [3.05, 3.63) is 65.2 Å². The van der Waals surface area contributed by atoms with Crippen molar-refractivity contribution in [1.82, 2.24) is 0 Å². The number of carbonyl (C=O) groups excluding carboxylic acids is 1. The maximum Gasteiger partial charge on any atom is 0.221 e. The first-order chi connectivity index (χ1) is 10.1. The van der Waals surface area contributed by atoms with Crippen LogP contribution < -0.4 is 16.8 Å². The molecule has 0 fully saturated rings. The molecule has 2 atom stereocenters. The fourth-order valence-corrected chi connectivity index (χ4v) is 2.93. The summed E-state index contributed by atoms with van der Waals surface area (Å²) in [4.78, 5) is 10.9. The zero-order valence-corrected chi connectivity index (χ0v) is 11.8. The van der Waals surface area contributed by atoms with Crippen molar-refractivity contribution in [2.45, 2.75) is 24.9 Å². The summed E-state index contributed by atoms with van der Waals surface area (Å²) in [6.45, 7) is 0. The van der Waals surface area contributed by atoms with Gasteiger partial charge in [-0.1, -0.05) is 36.4 Å². The second-order valence-electron chi connectivity index (χ2n) is 5.51. The molecule has 0 spiro atoms. The van der Waals surface area contributed by atoms with E-state index < -0.39 is 0 Å². The lowest BCUT2D eigenvalue weighted by molar-refractivity contribution is -0.117. The van der Waals surface area contributed by atoms with E-state index in [1.54, 1.807) is 0 Å². The lowest BCUT2D eigenvalue weighted by Crippen LogP contribution is -2.13. The molecule has 21 heavy (non-hydrogen) atoms. The largest absolute Gasteiger partial charge is 0.378 e. The van der Waals surface area contributed by atoms with Crippen molar-refractivity contribution >= 4 is 11.6 Å². The normalized spacial score (nSPS) is 20.0. The molecular formula is C17H19N3O. The first-order valence-electron chi connectivity index (χ1n) is 7.11. The fraction of sp³-hybridized carbons (Fsp3) is 0.235. The fourth-order valence-electron chi connectivity index (χ4n) is 2.93. The molecule has 0 saturated heterocycles. The summed E-state index contributed by atoms with van der Waals surface area (Å²) < 4.78 is 0. The molecule has 0 bridgehead atoms. The summed E-state index contributed by atoms with van der Waals surface area (Å²) in [6.07, 6.45) is 1.17. The maximum absolute atomic E-state index is 10.9. The second kappa shape index (κ2) is 5.58. The Morgan fingerprint density at radius 1 is 1.10 bits per heavy atom. The average Bonchev–Trinajstić information content (AvgIpc) is 2.78. The minimum atomic E-state index is -0.314. The third-order valence-electron chi connectivity index (χ3n) is 3.93. The number of carbonyl (C=O) groups is 1. The number of nitrogens with two attached hydrogens (primary N) is 2. The van der Waals surface area contributed by atoms with Crippen molar-refractivity contribution in [2.75, 3.05) is 5.32 Å². The Morgan fingerprint density at radius 2 is 1.76 bits per heavy atom. The van der Waals surface area contributed by atoms with E-state index >= 15 is 0 Å². The number of fused-ring (bicyclic) bond motifs is 1. The number of anilines is 1. The summed E-state index contributed by atoms with van der Waals surface area (Å²) >= 11 is 0. The van der Waals surface area contributed by atoms with Gasteiger partial charge in [0.25, 0.3) is 0 Å².